The van der Waals surface area contributed by atoms with Gasteiger partial charge in [0.15, 0.2) is 0 Å². The second-order valence-electron chi connectivity index (χ2n) is 8.12. The molecule has 2 saturated heterocycles. The number of hydrogen-bond donors (Lipinski definition) is 0. The third-order valence-corrected chi connectivity index (χ3v) is 5.75. The number of likely N-dealkylation sites (tertiary alicyclic amines) is 1. The van der Waals surface area contributed by atoms with Crippen molar-refractivity contribution in [2.24, 2.45) is 5.41 Å². The summed E-state index contributed by atoms with van der Waals surface area (Å²) in [5.74, 6) is 0.673. The molecule has 2 aliphatic heterocycles. The maximum Gasteiger partial charge on any atom is 0.223 e. The van der Waals surface area contributed by atoms with Gasteiger partial charge in [-0.3, -0.25) is 9.69 Å². The van der Waals surface area contributed by atoms with Gasteiger partial charge >= 0.3 is 0 Å². The molecule has 2 aromatic rings. The molecular weight excluding hydrogens is 361 g/mol. The number of benzene rings is 1. The third kappa shape index (κ3) is 3.95. The van der Waals surface area contributed by atoms with Crippen LogP contribution in [0.5, 0.6) is 0 Å². The summed E-state index contributed by atoms with van der Waals surface area (Å²) in [6.45, 7) is 8.32. The molecule has 0 aliphatic carbocycles. The van der Waals surface area contributed by atoms with Gasteiger partial charge in [0.1, 0.15) is 11.6 Å². The Morgan fingerprint density at radius 1 is 1.25 bits per heavy atom. The van der Waals surface area contributed by atoms with Crippen LogP contribution in [0.2, 0.25) is 0 Å². The first-order valence-corrected chi connectivity index (χ1v) is 9.68. The van der Waals surface area contributed by atoms with Crippen LogP contribution in [0.25, 0.3) is 0 Å². The lowest BCUT2D eigenvalue weighted by atomic mass is 9.87. The molecule has 1 amide bonds. The molecule has 0 N–H and O–H groups in total. The van der Waals surface area contributed by atoms with Crippen molar-refractivity contribution in [3.8, 4) is 0 Å². The molecule has 150 valence electrons. The first kappa shape index (κ1) is 19.1. The van der Waals surface area contributed by atoms with Crippen molar-refractivity contribution in [2.75, 3.05) is 32.8 Å². The molecule has 1 aromatic carbocycles. The second kappa shape index (κ2) is 7.64. The number of aromatic nitrogens is 1. The van der Waals surface area contributed by atoms with Crippen LogP contribution >= 0.6 is 0 Å². The van der Waals surface area contributed by atoms with E-state index in [2.05, 4.69) is 10.1 Å². The molecule has 1 unspecified atom stereocenters. The van der Waals surface area contributed by atoms with Crippen LogP contribution in [0.4, 0.5) is 4.39 Å². The predicted molar refractivity (Wildman–Crippen MR) is 101 cm³/mol. The number of ether oxygens (including phenoxy) is 1. The van der Waals surface area contributed by atoms with E-state index in [0.29, 0.717) is 39.3 Å². The molecule has 28 heavy (non-hydrogen) atoms. The highest BCUT2D eigenvalue weighted by Crippen LogP contribution is 2.36. The Kier molecular flexibility index (Phi) is 5.21. The van der Waals surface area contributed by atoms with Crippen LogP contribution in [0, 0.1) is 25.1 Å². The molecular formula is C21H26FN3O3. The lowest BCUT2D eigenvalue weighted by molar-refractivity contribution is -0.128. The maximum absolute atomic E-state index is 13.5. The standard InChI is InChI=1S/C21H26FN3O3/c1-15-19(16(2)28-23-15)11-25-13-21(9-20(25)26)12-24(6-7-27-14-21)10-17-4-3-5-18(22)8-17/h3-5,8H,6-7,9-14H2,1-2H3. The summed E-state index contributed by atoms with van der Waals surface area (Å²) in [5.41, 5.74) is 2.52. The summed E-state index contributed by atoms with van der Waals surface area (Å²) in [5, 5.41) is 3.99. The van der Waals surface area contributed by atoms with Crippen molar-refractivity contribution >= 4 is 5.91 Å². The number of carbonyl (C=O) groups is 1. The van der Waals surface area contributed by atoms with Crippen LogP contribution in [-0.2, 0) is 22.6 Å². The Hall–Kier alpha value is -2.25. The average Bonchev–Trinajstić information content (AvgIpc) is 3.03. The van der Waals surface area contributed by atoms with Crippen molar-refractivity contribution in [3.63, 3.8) is 0 Å². The van der Waals surface area contributed by atoms with Crippen LogP contribution in [-0.4, -0.2) is 53.7 Å². The highest BCUT2D eigenvalue weighted by molar-refractivity contribution is 5.79. The van der Waals surface area contributed by atoms with E-state index in [-0.39, 0.29) is 17.1 Å². The highest BCUT2D eigenvalue weighted by Gasteiger charge is 2.45. The van der Waals surface area contributed by atoms with Crippen molar-refractivity contribution in [3.05, 3.63) is 52.7 Å². The van der Waals surface area contributed by atoms with Crippen LogP contribution in [0.3, 0.4) is 0 Å². The van der Waals surface area contributed by atoms with E-state index < -0.39 is 0 Å². The van der Waals surface area contributed by atoms with E-state index in [0.717, 1.165) is 35.7 Å². The fourth-order valence-corrected chi connectivity index (χ4v) is 4.36. The minimum atomic E-state index is -0.236. The third-order valence-electron chi connectivity index (χ3n) is 5.75. The highest BCUT2D eigenvalue weighted by atomic mass is 19.1. The van der Waals surface area contributed by atoms with Gasteiger partial charge < -0.3 is 14.2 Å². The molecule has 4 rings (SSSR count). The molecule has 2 fully saturated rings. The average molecular weight is 387 g/mol. The summed E-state index contributed by atoms with van der Waals surface area (Å²) in [6.07, 6.45) is 0.468. The zero-order valence-corrected chi connectivity index (χ0v) is 16.4. The molecule has 0 saturated carbocycles. The summed E-state index contributed by atoms with van der Waals surface area (Å²) < 4.78 is 24.7. The number of halogens is 1. The van der Waals surface area contributed by atoms with E-state index in [1.165, 1.54) is 6.07 Å². The minimum Gasteiger partial charge on any atom is -0.379 e. The van der Waals surface area contributed by atoms with Crippen molar-refractivity contribution in [1.82, 2.24) is 15.0 Å². The molecule has 1 spiro atoms. The summed E-state index contributed by atoms with van der Waals surface area (Å²) >= 11 is 0. The zero-order chi connectivity index (χ0) is 19.7. The molecule has 1 atom stereocenters. The monoisotopic (exact) mass is 387 g/mol. The number of hydrogen-bond acceptors (Lipinski definition) is 5. The van der Waals surface area contributed by atoms with E-state index in [9.17, 15) is 9.18 Å². The van der Waals surface area contributed by atoms with Crippen molar-refractivity contribution in [2.45, 2.75) is 33.4 Å². The van der Waals surface area contributed by atoms with Gasteiger partial charge in [-0.15, -0.1) is 0 Å². The second-order valence-corrected chi connectivity index (χ2v) is 8.12. The first-order valence-electron chi connectivity index (χ1n) is 9.68. The maximum atomic E-state index is 13.5. The lowest BCUT2D eigenvalue weighted by Gasteiger charge is -2.31. The van der Waals surface area contributed by atoms with Gasteiger partial charge in [-0.25, -0.2) is 4.39 Å². The van der Waals surface area contributed by atoms with E-state index >= 15 is 0 Å². The summed E-state index contributed by atoms with van der Waals surface area (Å²) in [6, 6.07) is 6.70. The first-order chi connectivity index (χ1) is 13.4. The fraction of sp³-hybridized carbons (Fsp3) is 0.524. The van der Waals surface area contributed by atoms with Gasteiger partial charge in [0, 0.05) is 43.6 Å². The quantitative estimate of drug-likeness (QED) is 0.807. The number of carbonyl (C=O) groups excluding carboxylic acids is 1. The smallest absolute Gasteiger partial charge is 0.223 e. The summed E-state index contributed by atoms with van der Waals surface area (Å²) in [7, 11) is 0. The normalized spacial score (nSPS) is 23.5. The largest absolute Gasteiger partial charge is 0.379 e. The SMILES string of the molecule is Cc1noc(C)c1CN1CC2(COCCN(Cc3cccc(F)c3)C2)CC1=O. The zero-order valence-electron chi connectivity index (χ0n) is 16.4. The molecule has 2 aliphatic rings. The molecule has 0 radical (unpaired) electrons. The van der Waals surface area contributed by atoms with Gasteiger partial charge in [-0.05, 0) is 31.5 Å². The molecule has 3 heterocycles. The number of aryl methyl sites for hydroxylation is 2. The van der Waals surface area contributed by atoms with Gasteiger partial charge in [0.25, 0.3) is 0 Å². The van der Waals surface area contributed by atoms with E-state index in [4.69, 9.17) is 9.26 Å². The van der Waals surface area contributed by atoms with E-state index in [1.54, 1.807) is 12.1 Å². The number of nitrogens with zero attached hydrogens (tertiary/aromatic N) is 3. The lowest BCUT2D eigenvalue weighted by Crippen LogP contribution is -2.40. The van der Waals surface area contributed by atoms with Crippen molar-refractivity contribution < 1.29 is 18.4 Å². The summed E-state index contributed by atoms with van der Waals surface area (Å²) in [4.78, 5) is 16.9. The van der Waals surface area contributed by atoms with Crippen LogP contribution in [0.15, 0.2) is 28.8 Å². The molecule has 1 aromatic heterocycles. The Balaban J connectivity index is 1.48. The van der Waals surface area contributed by atoms with E-state index in [1.807, 2.05) is 24.8 Å². The van der Waals surface area contributed by atoms with Gasteiger partial charge in [-0.2, -0.15) is 0 Å². The Morgan fingerprint density at radius 2 is 2.11 bits per heavy atom. The molecule has 7 heteroatoms. The predicted octanol–water partition coefficient (Wildman–Crippen LogP) is 2.68. The number of rotatable bonds is 4. The Bertz CT molecular complexity index is 849. The topological polar surface area (TPSA) is 58.8 Å². The van der Waals surface area contributed by atoms with Gasteiger partial charge in [0.2, 0.25) is 5.91 Å². The fourth-order valence-electron chi connectivity index (χ4n) is 4.36. The minimum absolute atomic E-state index is 0.135. The van der Waals surface area contributed by atoms with Crippen LogP contribution in [0.1, 0.15) is 29.0 Å². The van der Waals surface area contributed by atoms with Crippen LogP contribution < -0.4 is 0 Å². The molecule has 0 bridgehead atoms. The Morgan fingerprint density at radius 3 is 2.86 bits per heavy atom. The Labute approximate surface area is 164 Å². The number of amides is 1. The van der Waals surface area contributed by atoms with Gasteiger partial charge in [0.05, 0.1) is 25.5 Å². The van der Waals surface area contributed by atoms with Gasteiger partial charge in [-0.1, -0.05) is 17.3 Å². The van der Waals surface area contributed by atoms with Crippen molar-refractivity contribution in [1.29, 1.82) is 0 Å². The molecule has 6 nitrogen and oxygen atoms in total.